The smallest absolute Gasteiger partial charge is 0.387 e. The van der Waals surface area contributed by atoms with Crippen molar-refractivity contribution in [2.75, 3.05) is 5.32 Å². The molecule has 2 aromatic rings. The van der Waals surface area contributed by atoms with Crippen molar-refractivity contribution in [3.63, 3.8) is 0 Å². The van der Waals surface area contributed by atoms with Crippen LogP contribution in [0, 0.1) is 17.0 Å². The number of benzene rings is 1. The minimum atomic E-state index is -3.13. The van der Waals surface area contributed by atoms with Gasteiger partial charge in [-0.25, -0.2) is 0 Å². The van der Waals surface area contributed by atoms with Crippen molar-refractivity contribution in [2.24, 2.45) is 0 Å². The molecule has 6 nitrogen and oxygen atoms in total. The van der Waals surface area contributed by atoms with Gasteiger partial charge in [0.15, 0.2) is 0 Å². The second-order valence-corrected chi connectivity index (χ2v) is 4.44. The number of aromatic nitrogens is 1. The first-order valence-electron chi connectivity index (χ1n) is 6.35. The highest BCUT2D eigenvalue weighted by Crippen LogP contribution is 2.31. The number of halogens is 2. The fraction of sp³-hybridized carbons (Fsp3) is 0.214. The van der Waals surface area contributed by atoms with Gasteiger partial charge in [-0.15, -0.1) is 0 Å². The van der Waals surface area contributed by atoms with Gasteiger partial charge in [-0.2, -0.15) is 8.78 Å². The molecule has 0 fully saturated rings. The number of alkyl halides is 2. The number of hydrogen-bond acceptors (Lipinski definition) is 5. The zero-order chi connectivity index (χ0) is 16.1. The molecule has 1 heterocycles. The van der Waals surface area contributed by atoms with E-state index < -0.39 is 23.0 Å². The number of anilines is 1. The summed E-state index contributed by atoms with van der Waals surface area (Å²) in [5, 5.41) is 13.7. The molecule has 1 N–H and O–H groups in total. The Labute approximate surface area is 124 Å². The second-order valence-electron chi connectivity index (χ2n) is 4.44. The fourth-order valence-corrected chi connectivity index (χ4v) is 1.86. The number of rotatable bonds is 6. The van der Waals surface area contributed by atoms with Crippen LogP contribution in [0.15, 0.2) is 36.4 Å². The van der Waals surface area contributed by atoms with Crippen LogP contribution in [0.2, 0.25) is 0 Å². The van der Waals surface area contributed by atoms with E-state index >= 15 is 0 Å². The van der Waals surface area contributed by atoms with Gasteiger partial charge in [-0.05, 0) is 25.1 Å². The molecule has 1 aromatic carbocycles. The molecule has 0 aliphatic rings. The van der Waals surface area contributed by atoms with Crippen molar-refractivity contribution in [2.45, 2.75) is 20.1 Å². The van der Waals surface area contributed by atoms with Crippen LogP contribution in [0.5, 0.6) is 5.75 Å². The van der Waals surface area contributed by atoms with Gasteiger partial charge in [-0.3, -0.25) is 15.1 Å². The highest BCUT2D eigenvalue weighted by Gasteiger charge is 2.19. The number of nitro groups is 1. The molecule has 0 bridgehead atoms. The molecular weight excluding hydrogens is 296 g/mol. The van der Waals surface area contributed by atoms with E-state index in [0.29, 0.717) is 12.2 Å². The Morgan fingerprint density at radius 2 is 2.14 bits per heavy atom. The van der Waals surface area contributed by atoms with Crippen LogP contribution in [0.1, 0.15) is 11.4 Å². The Balaban J connectivity index is 2.16. The summed E-state index contributed by atoms with van der Waals surface area (Å²) in [7, 11) is 0. The molecule has 8 heteroatoms. The van der Waals surface area contributed by atoms with Crippen LogP contribution in [-0.2, 0) is 6.54 Å². The number of aryl methyl sites for hydroxylation is 1. The van der Waals surface area contributed by atoms with Gasteiger partial charge < -0.3 is 10.1 Å². The zero-order valence-corrected chi connectivity index (χ0v) is 11.6. The van der Waals surface area contributed by atoms with Crippen LogP contribution in [-0.4, -0.2) is 16.5 Å². The highest BCUT2D eigenvalue weighted by atomic mass is 19.3. The highest BCUT2D eigenvalue weighted by molar-refractivity contribution is 5.58. The molecule has 116 valence electrons. The lowest BCUT2D eigenvalue weighted by atomic mass is 10.2. The lowest BCUT2D eigenvalue weighted by Crippen LogP contribution is -2.06. The van der Waals surface area contributed by atoms with Crippen molar-refractivity contribution in [1.82, 2.24) is 4.98 Å². The van der Waals surface area contributed by atoms with E-state index in [0.717, 1.165) is 17.5 Å². The van der Waals surface area contributed by atoms with Crippen LogP contribution in [0.3, 0.4) is 0 Å². The summed E-state index contributed by atoms with van der Waals surface area (Å²) in [6, 6.07) is 9.21. The fourth-order valence-electron chi connectivity index (χ4n) is 1.86. The number of pyridine rings is 1. The largest absolute Gasteiger partial charge is 0.427 e. The van der Waals surface area contributed by atoms with E-state index in [1.165, 1.54) is 12.1 Å². The van der Waals surface area contributed by atoms with E-state index in [9.17, 15) is 18.9 Å². The lowest BCUT2D eigenvalue weighted by molar-refractivity contribution is -0.386. The van der Waals surface area contributed by atoms with Crippen molar-refractivity contribution in [1.29, 1.82) is 0 Å². The van der Waals surface area contributed by atoms with E-state index in [1.54, 1.807) is 0 Å². The predicted molar refractivity (Wildman–Crippen MR) is 76.0 cm³/mol. The SMILES string of the molecule is Cc1cccc(CNc2ccc([N+](=O)[O-])c(OC(F)F)c2)n1. The number of ether oxygens (including phenoxy) is 1. The Morgan fingerprint density at radius 3 is 2.77 bits per heavy atom. The van der Waals surface area contributed by atoms with Gasteiger partial charge in [0.05, 0.1) is 17.2 Å². The third kappa shape index (κ3) is 4.11. The molecule has 22 heavy (non-hydrogen) atoms. The normalized spacial score (nSPS) is 10.5. The first-order chi connectivity index (χ1) is 10.5. The Hall–Kier alpha value is -2.77. The van der Waals surface area contributed by atoms with E-state index in [1.807, 2.05) is 25.1 Å². The Morgan fingerprint density at radius 1 is 1.36 bits per heavy atom. The van der Waals surface area contributed by atoms with Gasteiger partial charge in [0.25, 0.3) is 0 Å². The van der Waals surface area contributed by atoms with Crippen molar-refractivity contribution in [3.8, 4) is 5.75 Å². The van der Waals surface area contributed by atoms with Crippen molar-refractivity contribution in [3.05, 3.63) is 57.9 Å². The van der Waals surface area contributed by atoms with E-state index in [-0.39, 0.29) is 0 Å². The van der Waals surface area contributed by atoms with Crippen molar-refractivity contribution < 1.29 is 18.4 Å². The third-order valence-corrected chi connectivity index (χ3v) is 2.79. The summed E-state index contributed by atoms with van der Waals surface area (Å²) in [5.41, 5.74) is 1.52. The summed E-state index contributed by atoms with van der Waals surface area (Å²) >= 11 is 0. The number of nitrogens with one attached hydrogen (secondary N) is 1. The third-order valence-electron chi connectivity index (χ3n) is 2.79. The van der Waals surface area contributed by atoms with Gasteiger partial charge in [0.1, 0.15) is 0 Å². The standard InChI is InChI=1S/C14H13F2N3O3/c1-9-3-2-4-11(18-9)8-17-10-5-6-12(19(20)21)13(7-10)22-14(15)16/h2-7,14,17H,8H2,1H3. The number of nitrogens with zero attached hydrogens (tertiary/aromatic N) is 2. The summed E-state index contributed by atoms with van der Waals surface area (Å²) in [5.74, 6) is -0.484. The topological polar surface area (TPSA) is 77.3 Å². The molecule has 0 aliphatic carbocycles. The molecule has 0 unspecified atom stereocenters. The Bertz CT molecular complexity index is 680. The quantitative estimate of drug-likeness (QED) is 0.652. The molecule has 0 atom stereocenters. The molecule has 0 amide bonds. The van der Waals surface area contributed by atoms with E-state index in [2.05, 4.69) is 15.0 Å². The molecular formula is C14H13F2N3O3. The zero-order valence-electron chi connectivity index (χ0n) is 11.6. The maximum absolute atomic E-state index is 12.3. The molecule has 2 rings (SSSR count). The summed E-state index contributed by atoms with van der Waals surface area (Å²) in [6.45, 7) is -0.926. The summed E-state index contributed by atoms with van der Waals surface area (Å²) in [6.07, 6.45) is 0. The van der Waals surface area contributed by atoms with Crippen LogP contribution >= 0.6 is 0 Å². The Kier molecular flexibility index (Phi) is 4.82. The second kappa shape index (κ2) is 6.79. The van der Waals surface area contributed by atoms with Crippen LogP contribution in [0.25, 0.3) is 0 Å². The molecule has 1 aromatic heterocycles. The molecule has 0 saturated carbocycles. The lowest BCUT2D eigenvalue weighted by Gasteiger charge is -2.10. The number of nitro benzene ring substituents is 1. The van der Waals surface area contributed by atoms with Gasteiger partial charge in [-0.1, -0.05) is 6.07 Å². The monoisotopic (exact) mass is 309 g/mol. The summed E-state index contributed by atoms with van der Waals surface area (Å²) < 4.78 is 28.8. The maximum atomic E-state index is 12.3. The van der Waals surface area contributed by atoms with Crippen molar-refractivity contribution >= 4 is 11.4 Å². The molecule has 0 spiro atoms. The van der Waals surface area contributed by atoms with E-state index in [4.69, 9.17) is 0 Å². The number of hydrogen-bond donors (Lipinski definition) is 1. The molecule has 0 aliphatic heterocycles. The van der Waals surface area contributed by atoms with Crippen LogP contribution < -0.4 is 10.1 Å². The van der Waals surface area contributed by atoms with Gasteiger partial charge in [0, 0.05) is 23.5 Å². The average molecular weight is 309 g/mol. The minimum absolute atomic E-state index is 0.355. The average Bonchev–Trinajstić information content (AvgIpc) is 2.44. The van der Waals surface area contributed by atoms with Gasteiger partial charge >= 0.3 is 12.3 Å². The predicted octanol–water partition coefficient (Wildman–Crippen LogP) is 3.51. The summed E-state index contributed by atoms with van der Waals surface area (Å²) in [4.78, 5) is 14.3. The first-order valence-corrected chi connectivity index (χ1v) is 6.35. The van der Waals surface area contributed by atoms with Gasteiger partial charge in [0.2, 0.25) is 5.75 Å². The minimum Gasteiger partial charge on any atom is -0.427 e. The molecule has 0 radical (unpaired) electrons. The van der Waals surface area contributed by atoms with Crippen LogP contribution in [0.4, 0.5) is 20.2 Å². The first kappa shape index (κ1) is 15.6. The maximum Gasteiger partial charge on any atom is 0.387 e. The molecule has 0 saturated heterocycles.